The molecule has 0 aliphatic heterocycles. The van der Waals surface area contributed by atoms with Crippen LogP contribution in [0.1, 0.15) is 39.5 Å². The summed E-state index contributed by atoms with van der Waals surface area (Å²) >= 11 is 0. The number of carboxylic acids is 1. The molecule has 3 heteroatoms. The topological polar surface area (TPSA) is 63.3 Å². The van der Waals surface area contributed by atoms with E-state index in [9.17, 15) is 4.79 Å². The van der Waals surface area contributed by atoms with Crippen molar-refractivity contribution in [1.29, 1.82) is 0 Å². The molecule has 78 valence electrons. The van der Waals surface area contributed by atoms with Gasteiger partial charge in [0.15, 0.2) is 0 Å². The second-order valence-corrected chi connectivity index (χ2v) is 3.74. The van der Waals surface area contributed by atoms with E-state index in [2.05, 4.69) is 13.8 Å². The van der Waals surface area contributed by atoms with Crippen molar-refractivity contribution in [3.8, 4) is 0 Å². The van der Waals surface area contributed by atoms with Gasteiger partial charge in [0.1, 0.15) is 0 Å². The van der Waals surface area contributed by atoms with Gasteiger partial charge in [-0.15, -0.1) is 0 Å². The Morgan fingerprint density at radius 1 is 1.38 bits per heavy atom. The van der Waals surface area contributed by atoms with Crippen molar-refractivity contribution in [3.63, 3.8) is 0 Å². The van der Waals surface area contributed by atoms with E-state index in [0.29, 0.717) is 12.3 Å². The number of nitrogens with two attached hydrogens (primary N) is 1. The SMILES string of the molecule is CCCC(C)CCC(CN)C(=O)O. The molecule has 0 aliphatic rings. The summed E-state index contributed by atoms with van der Waals surface area (Å²) < 4.78 is 0. The molecular formula is C10H21NO2. The molecule has 3 nitrogen and oxygen atoms in total. The molecule has 0 aromatic carbocycles. The second-order valence-electron chi connectivity index (χ2n) is 3.74. The van der Waals surface area contributed by atoms with E-state index in [1.165, 1.54) is 12.8 Å². The maximum Gasteiger partial charge on any atom is 0.307 e. The van der Waals surface area contributed by atoms with Gasteiger partial charge in [-0.05, 0) is 18.8 Å². The summed E-state index contributed by atoms with van der Waals surface area (Å²) in [7, 11) is 0. The first-order valence-electron chi connectivity index (χ1n) is 5.04. The van der Waals surface area contributed by atoms with Gasteiger partial charge in [0.25, 0.3) is 0 Å². The lowest BCUT2D eigenvalue weighted by Gasteiger charge is -2.13. The van der Waals surface area contributed by atoms with Crippen LogP contribution < -0.4 is 5.73 Å². The average molecular weight is 187 g/mol. The third-order valence-corrected chi connectivity index (χ3v) is 2.42. The molecular weight excluding hydrogens is 166 g/mol. The number of aliphatic carboxylic acids is 1. The summed E-state index contributed by atoms with van der Waals surface area (Å²) in [5.74, 6) is -0.482. The fourth-order valence-electron chi connectivity index (χ4n) is 1.46. The minimum absolute atomic E-state index is 0.258. The van der Waals surface area contributed by atoms with Crippen LogP contribution in [0.15, 0.2) is 0 Å². The fourth-order valence-corrected chi connectivity index (χ4v) is 1.46. The fraction of sp³-hybridized carbons (Fsp3) is 0.900. The lowest BCUT2D eigenvalue weighted by Crippen LogP contribution is -2.23. The third kappa shape index (κ3) is 5.64. The summed E-state index contributed by atoms with van der Waals surface area (Å²) in [6.45, 7) is 4.57. The standard InChI is InChI=1S/C10H21NO2/c1-3-4-8(2)5-6-9(7-11)10(12)13/h8-9H,3-7,11H2,1-2H3,(H,12,13). The highest BCUT2D eigenvalue weighted by molar-refractivity contribution is 5.70. The Morgan fingerprint density at radius 2 is 2.00 bits per heavy atom. The van der Waals surface area contributed by atoms with Crippen molar-refractivity contribution in [2.45, 2.75) is 39.5 Å². The minimum Gasteiger partial charge on any atom is -0.481 e. The average Bonchev–Trinajstić information content (AvgIpc) is 2.05. The molecule has 0 bridgehead atoms. The summed E-state index contributed by atoms with van der Waals surface area (Å²) in [5.41, 5.74) is 5.35. The molecule has 0 saturated heterocycles. The van der Waals surface area contributed by atoms with Gasteiger partial charge in [-0.25, -0.2) is 0 Å². The molecule has 0 spiro atoms. The Labute approximate surface area is 80.3 Å². The van der Waals surface area contributed by atoms with Crippen molar-refractivity contribution >= 4 is 5.97 Å². The zero-order valence-electron chi connectivity index (χ0n) is 8.62. The van der Waals surface area contributed by atoms with Crippen LogP contribution in [-0.4, -0.2) is 17.6 Å². The maximum absolute atomic E-state index is 10.6. The van der Waals surface area contributed by atoms with Gasteiger partial charge in [0.2, 0.25) is 0 Å². The zero-order chi connectivity index (χ0) is 10.3. The molecule has 0 aromatic rings. The van der Waals surface area contributed by atoms with Crippen molar-refractivity contribution in [2.24, 2.45) is 17.6 Å². The highest BCUT2D eigenvalue weighted by Crippen LogP contribution is 2.16. The first-order valence-corrected chi connectivity index (χ1v) is 5.04. The molecule has 0 amide bonds. The van der Waals surface area contributed by atoms with E-state index < -0.39 is 5.97 Å². The Hall–Kier alpha value is -0.570. The molecule has 0 heterocycles. The predicted molar refractivity (Wildman–Crippen MR) is 53.5 cm³/mol. The first kappa shape index (κ1) is 12.4. The van der Waals surface area contributed by atoms with Crippen LogP contribution in [0.25, 0.3) is 0 Å². The number of hydrogen-bond acceptors (Lipinski definition) is 2. The third-order valence-electron chi connectivity index (χ3n) is 2.42. The monoisotopic (exact) mass is 187 g/mol. The molecule has 0 radical (unpaired) electrons. The van der Waals surface area contributed by atoms with E-state index in [0.717, 1.165) is 6.42 Å². The van der Waals surface area contributed by atoms with Crippen LogP contribution in [0, 0.1) is 11.8 Å². The van der Waals surface area contributed by atoms with Gasteiger partial charge in [0.05, 0.1) is 5.92 Å². The molecule has 3 N–H and O–H groups in total. The number of carbonyl (C=O) groups is 1. The van der Waals surface area contributed by atoms with Crippen LogP contribution in [-0.2, 0) is 4.79 Å². The van der Waals surface area contributed by atoms with Crippen LogP contribution in [0.2, 0.25) is 0 Å². The van der Waals surface area contributed by atoms with Gasteiger partial charge >= 0.3 is 5.97 Å². The first-order chi connectivity index (χ1) is 6.11. The van der Waals surface area contributed by atoms with Gasteiger partial charge in [-0.2, -0.15) is 0 Å². The second kappa shape index (κ2) is 6.89. The zero-order valence-corrected chi connectivity index (χ0v) is 8.62. The van der Waals surface area contributed by atoms with Crippen molar-refractivity contribution in [3.05, 3.63) is 0 Å². The summed E-state index contributed by atoms with van der Waals surface area (Å²) in [5, 5.41) is 8.74. The van der Waals surface area contributed by atoms with Crippen LogP contribution in [0.4, 0.5) is 0 Å². The van der Waals surface area contributed by atoms with Crippen LogP contribution >= 0.6 is 0 Å². The molecule has 0 saturated carbocycles. The summed E-state index contributed by atoms with van der Waals surface area (Å²) in [6.07, 6.45) is 4.04. The van der Waals surface area contributed by atoms with Gasteiger partial charge in [-0.3, -0.25) is 4.79 Å². The lowest BCUT2D eigenvalue weighted by molar-refractivity contribution is -0.141. The number of carboxylic acid groups (broad SMARTS) is 1. The Morgan fingerprint density at radius 3 is 2.38 bits per heavy atom. The lowest BCUT2D eigenvalue weighted by atomic mass is 9.94. The van der Waals surface area contributed by atoms with Crippen molar-refractivity contribution < 1.29 is 9.90 Å². The number of hydrogen-bond donors (Lipinski definition) is 2. The quantitative estimate of drug-likeness (QED) is 0.639. The maximum atomic E-state index is 10.6. The normalized spacial score (nSPS) is 15.3. The predicted octanol–water partition coefficient (Wildman–Crippen LogP) is 1.86. The minimum atomic E-state index is -0.758. The van der Waals surface area contributed by atoms with Gasteiger partial charge in [-0.1, -0.05) is 26.7 Å². The van der Waals surface area contributed by atoms with E-state index >= 15 is 0 Å². The van der Waals surface area contributed by atoms with Crippen molar-refractivity contribution in [2.75, 3.05) is 6.54 Å². The number of rotatable bonds is 7. The Bertz CT molecular complexity index is 148. The molecule has 0 aromatic heterocycles. The van der Waals surface area contributed by atoms with E-state index in [4.69, 9.17) is 10.8 Å². The largest absolute Gasteiger partial charge is 0.481 e. The van der Waals surface area contributed by atoms with E-state index in [-0.39, 0.29) is 12.5 Å². The molecule has 13 heavy (non-hydrogen) atoms. The summed E-state index contributed by atoms with van der Waals surface area (Å²) in [4.78, 5) is 10.6. The van der Waals surface area contributed by atoms with Gasteiger partial charge in [0, 0.05) is 6.54 Å². The van der Waals surface area contributed by atoms with Gasteiger partial charge < -0.3 is 10.8 Å². The van der Waals surface area contributed by atoms with Crippen molar-refractivity contribution in [1.82, 2.24) is 0 Å². The van der Waals surface area contributed by atoms with E-state index in [1.807, 2.05) is 0 Å². The Kier molecular flexibility index (Phi) is 6.59. The Balaban J connectivity index is 3.65. The van der Waals surface area contributed by atoms with Crippen LogP contribution in [0.3, 0.4) is 0 Å². The molecule has 0 aliphatic carbocycles. The highest BCUT2D eigenvalue weighted by Gasteiger charge is 2.15. The molecule has 0 rings (SSSR count). The molecule has 0 fully saturated rings. The van der Waals surface area contributed by atoms with E-state index in [1.54, 1.807) is 0 Å². The smallest absolute Gasteiger partial charge is 0.307 e. The van der Waals surface area contributed by atoms with Crippen LogP contribution in [0.5, 0.6) is 0 Å². The summed E-state index contributed by atoms with van der Waals surface area (Å²) in [6, 6.07) is 0. The molecule has 2 atom stereocenters. The highest BCUT2D eigenvalue weighted by atomic mass is 16.4. The molecule has 2 unspecified atom stereocenters.